The van der Waals surface area contributed by atoms with Crippen molar-refractivity contribution in [3.8, 4) is 0 Å². The number of carbonyl (C=O) groups is 2. The van der Waals surface area contributed by atoms with Gasteiger partial charge in [-0.1, -0.05) is 31.5 Å². The normalized spacial score (nSPS) is 12.6. The molecule has 136 valence electrons. The summed E-state index contributed by atoms with van der Waals surface area (Å²) in [5, 5.41) is 3.13. The van der Waals surface area contributed by atoms with Crippen LogP contribution in [0.1, 0.15) is 35.7 Å². The number of benzene rings is 2. The number of amides is 1. The van der Waals surface area contributed by atoms with E-state index in [2.05, 4.69) is 18.3 Å². The second-order valence-electron chi connectivity index (χ2n) is 6.34. The third-order valence-corrected chi connectivity index (χ3v) is 4.48. The highest BCUT2D eigenvalue weighted by Gasteiger charge is 2.23. The molecule has 0 aliphatic carbocycles. The molecule has 1 N–H and O–H groups in total. The van der Waals surface area contributed by atoms with Gasteiger partial charge in [0.15, 0.2) is 0 Å². The van der Waals surface area contributed by atoms with Gasteiger partial charge in [-0.15, -0.1) is 0 Å². The molecule has 0 saturated carbocycles. The smallest absolute Gasteiger partial charge is 0.338 e. The van der Waals surface area contributed by atoms with Crippen molar-refractivity contribution in [1.82, 2.24) is 0 Å². The van der Waals surface area contributed by atoms with Gasteiger partial charge in [0.05, 0.1) is 18.7 Å². The van der Waals surface area contributed by atoms with Gasteiger partial charge in [-0.3, -0.25) is 4.79 Å². The molecule has 2 aromatic rings. The van der Waals surface area contributed by atoms with Crippen LogP contribution in [0.5, 0.6) is 0 Å². The van der Waals surface area contributed by atoms with Crippen LogP contribution in [-0.2, 0) is 16.0 Å². The lowest BCUT2D eigenvalue weighted by atomic mass is 10.2. The highest BCUT2D eigenvalue weighted by atomic mass is 16.5. The van der Waals surface area contributed by atoms with Crippen LogP contribution in [0.2, 0.25) is 0 Å². The van der Waals surface area contributed by atoms with Crippen molar-refractivity contribution >= 4 is 23.3 Å². The first-order valence-electron chi connectivity index (χ1n) is 9.08. The van der Waals surface area contributed by atoms with E-state index in [-0.39, 0.29) is 18.4 Å². The third-order valence-electron chi connectivity index (χ3n) is 4.48. The SMILES string of the molecule is CCCCOC(=O)c1ccc(NCC(=O)N2CCc3ccccc32)cc1. The van der Waals surface area contributed by atoms with Crippen LogP contribution in [0, 0.1) is 0 Å². The number of carbonyl (C=O) groups excluding carboxylic acids is 2. The molecule has 3 rings (SSSR count). The molecule has 5 heteroatoms. The molecule has 5 nitrogen and oxygen atoms in total. The highest BCUT2D eigenvalue weighted by Crippen LogP contribution is 2.27. The number of hydrogen-bond acceptors (Lipinski definition) is 4. The minimum Gasteiger partial charge on any atom is -0.462 e. The molecule has 2 aromatic carbocycles. The molecular formula is C21H24N2O3. The lowest BCUT2D eigenvalue weighted by Crippen LogP contribution is -2.34. The minimum absolute atomic E-state index is 0.0398. The monoisotopic (exact) mass is 352 g/mol. The summed E-state index contributed by atoms with van der Waals surface area (Å²) in [5.41, 5.74) is 3.54. The Labute approximate surface area is 154 Å². The summed E-state index contributed by atoms with van der Waals surface area (Å²) >= 11 is 0. The molecule has 0 fully saturated rings. The number of fused-ring (bicyclic) bond motifs is 1. The molecule has 0 bridgehead atoms. The van der Waals surface area contributed by atoms with Crippen LogP contribution in [-0.4, -0.2) is 31.6 Å². The second kappa shape index (κ2) is 8.52. The lowest BCUT2D eigenvalue weighted by Gasteiger charge is -2.18. The summed E-state index contributed by atoms with van der Waals surface area (Å²) in [5.74, 6) is -0.271. The van der Waals surface area contributed by atoms with Crippen molar-refractivity contribution in [3.05, 3.63) is 59.7 Å². The number of unbranched alkanes of at least 4 members (excludes halogenated alkanes) is 1. The Bertz CT molecular complexity index is 771. The fraction of sp³-hybridized carbons (Fsp3) is 0.333. The first-order chi connectivity index (χ1) is 12.7. The molecule has 0 unspecified atom stereocenters. The van der Waals surface area contributed by atoms with Gasteiger partial charge >= 0.3 is 5.97 Å². The van der Waals surface area contributed by atoms with Gasteiger partial charge in [0.1, 0.15) is 0 Å². The number of esters is 1. The predicted octanol–water partition coefficient (Wildman–Crippen LogP) is 3.64. The van der Waals surface area contributed by atoms with Crippen molar-refractivity contribution in [3.63, 3.8) is 0 Å². The van der Waals surface area contributed by atoms with Crippen LogP contribution in [0.15, 0.2) is 48.5 Å². The van der Waals surface area contributed by atoms with E-state index >= 15 is 0 Å². The summed E-state index contributed by atoms with van der Waals surface area (Å²) < 4.78 is 5.19. The number of ether oxygens (including phenoxy) is 1. The average Bonchev–Trinajstić information content (AvgIpc) is 3.11. The largest absolute Gasteiger partial charge is 0.462 e. The molecule has 0 atom stereocenters. The van der Waals surface area contributed by atoms with Gasteiger partial charge in [-0.2, -0.15) is 0 Å². The zero-order valence-corrected chi connectivity index (χ0v) is 15.0. The maximum atomic E-state index is 12.5. The second-order valence-corrected chi connectivity index (χ2v) is 6.34. The lowest BCUT2D eigenvalue weighted by molar-refractivity contribution is -0.116. The Balaban J connectivity index is 1.52. The number of nitrogens with one attached hydrogen (secondary N) is 1. The molecule has 1 amide bonds. The predicted molar refractivity (Wildman–Crippen MR) is 103 cm³/mol. The quantitative estimate of drug-likeness (QED) is 0.610. The molecule has 1 heterocycles. The van der Waals surface area contributed by atoms with Gasteiger partial charge in [0.2, 0.25) is 5.91 Å². The zero-order chi connectivity index (χ0) is 18.4. The Morgan fingerprint density at radius 3 is 2.65 bits per heavy atom. The van der Waals surface area contributed by atoms with E-state index in [1.807, 2.05) is 23.1 Å². The van der Waals surface area contributed by atoms with Crippen LogP contribution in [0.25, 0.3) is 0 Å². The molecule has 0 radical (unpaired) electrons. The summed E-state index contributed by atoms with van der Waals surface area (Å²) in [6.07, 6.45) is 2.76. The Kier molecular flexibility index (Phi) is 5.89. The van der Waals surface area contributed by atoms with Gasteiger partial charge in [0.25, 0.3) is 0 Å². The first-order valence-corrected chi connectivity index (χ1v) is 9.08. The van der Waals surface area contributed by atoms with E-state index in [1.54, 1.807) is 24.3 Å². The topological polar surface area (TPSA) is 58.6 Å². The molecule has 0 spiro atoms. The fourth-order valence-electron chi connectivity index (χ4n) is 2.99. The summed E-state index contributed by atoms with van der Waals surface area (Å²) in [4.78, 5) is 26.2. The molecule has 0 saturated heterocycles. The van der Waals surface area contributed by atoms with Crippen LogP contribution >= 0.6 is 0 Å². The maximum Gasteiger partial charge on any atom is 0.338 e. The van der Waals surface area contributed by atoms with Crippen molar-refractivity contribution in [2.75, 3.05) is 29.9 Å². The maximum absolute atomic E-state index is 12.5. The Morgan fingerprint density at radius 2 is 1.88 bits per heavy atom. The van der Waals surface area contributed by atoms with Crippen molar-refractivity contribution < 1.29 is 14.3 Å². The molecule has 1 aliphatic heterocycles. The average molecular weight is 352 g/mol. The van der Waals surface area contributed by atoms with Gasteiger partial charge in [-0.05, 0) is 48.7 Å². The number of rotatable bonds is 7. The van der Waals surface area contributed by atoms with Crippen molar-refractivity contribution in [2.24, 2.45) is 0 Å². The molecular weight excluding hydrogens is 328 g/mol. The van der Waals surface area contributed by atoms with Gasteiger partial charge < -0.3 is 15.0 Å². The summed E-state index contributed by atoms with van der Waals surface area (Å²) in [7, 11) is 0. The number of anilines is 2. The Morgan fingerprint density at radius 1 is 1.12 bits per heavy atom. The summed E-state index contributed by atoms with van der Waals surface area (Å²) in [6.45, 7) is 3.44. The van der Waals surface area contributed by atoms with Crippen molar-refractivity contribution in [2.45, 2.75) is 26.2 Å². The number of nitrogens with zero attached hydrogens (tertiary/aromatic N) is 1. The van der Waals surface area contributed by atoms with Gasteiger partial charge in [0, 0.05) is 17.9 Å². The molecule has 1 aliphatic rings. The van der Waals surface area contributed by atoms with Crippen LogP contribution < -0.4 is 10.2 Å². The summed E-state index contributed by atoms with van der Waals surface area (Å²) in [6, 6.07) is 15.0. The van der Waals surface area contributed by atoms with E-state index in [4.69, 9.17) is 4.74 Å². The highest BCUT2D eigenvalue weighted by molar-refractivity contribution is 5.98. The van der Waals surface area contributed by atoms with Crippen LogP contribution in [0.3, 0.4) is 0 Å². The molecule has 26 heavy (non-hydrogen) atoms. The first kappa shape index (κ1) is 18.0. The van der Waals surface area contributed by atoms with Crippen molar-refractivity contribution in [1.29, 1.82) is 0 Å². The van der Waals surface area contributed by atoms with Crippen LogP contribution in [0.4, 0.5) is 11.4 Å². The Hall–Kier alpha value is -2.82. The zero-order valence-electron chi connectivity index (χ0n) is 15.0. The van der Waals surface area contributed by atoms with Gasteiger partial charge in [-0.25, -0.2) is 4.79 Å². The van der Waals surface area contributed by atoms with E-state index in [1.165, 1.54) is 5.56 Å². The standard InChI is InChI=1S/C21H24N2O3/c1-2-3-14-26-21(25)17-8-10-18(11-9-17)22-15-20(24)23-13-12-16-6-4-5-7-19(16)23/h4-11,22H,2-3,12-15H2,1H3. The van der Waals surface area contributed by atoms with E-state index in [9.17, 15) is 9.59 Å². The number of hydrogen-bond donors (Lipinski definition) is 1. The fourth-order valence-corrected chi connectivity index (χ4v) is 2.99. The minimum atomic E-state index is -0.310. The van der Waals surface area contributed by atoms with E-state index in [0.29, 0.717) is 12.2 Å². The van der Waals surface area contributed by atoms with E-state index < -0.39 is 0 Å². The van der Waals surface area contributed by atoms with E-state index in [0.717, 1.165) is 37.2 Å². The third kappa shape index (κ3) is 4.23. The molecule has 0 aromatic heterocycles. The number of para-hydroxylation sites is 1.